The minimum Gasteiger partial charge on any atom is -0.466 e. The number of nitrogens with two attached hydrogens (primary N) is 1. The Morgan fingerprint density at radius 1 is 1.48 bits per heavy atom. The zero-order chi connectivity index (χ0) is 17.1. The van der Waals surface area contributed by atoms with Crippen molar-refractivity contribution in [3.8, 4) is 6.07 Å². The van der Waals surface area contributed by atoms with E-state index in [0.717, 1.165) is 13.2 Å². The maximum absolute atomic E-state index is 14.2. The summed E-state index contributed by atoms with van der Waals surface area (Å²) in [5, 5.41) is 9.33. The van der Waals surface area contributed by atoms with E-state index in [-0.39, 0.29) is 34.8 Å². The van der Waals surface area contributed by atoms with Crippen LogP contribution in [0.15, 0.2) is 41.0 Å². The minimum absolute atomic E-state index is 0.0220. The highest BCUT2D eigenvalue weighted by molar-refractivity contribution is 5.92. The summed E-state index contributed by atoms with van der Waals surface area (Å²) >= 11 is 0. The van der Waals surface area contributed by atoms with Crippen molar-refractivity contribution in [3.63, 3.8) is 0 Å². The van der Waals surface area contributed by atoms with Crippen LogP contribution in [0.2, 0.25) is 0 Å². The number of rotatable bonds is 3. The lowest BCUT2D eigenvalue weighted by Crippen LogP contribution is -2.26. The van der Waals surface area contributed by atoms with Gasteiger partial charge in [-0.15, -0.1) is 0 Å². The average Bonchev–Trinajstić information content (AvgIpc) is 2.53. The molecule has 0 aliphatic carbocycles. The topological polar surface area (TPSA) is 85.3 Å². The summed E-state index contributed by atoms with van der Waals surface area (Å²) in [7, 11) is 1.16. The SMILES string of the molecule is CCC1=C(C(=O)OC)[C@H](c2ccc(F)cc2F)C(C#N)=C(N)O1. The smallest absolute Gasteiger partial charge is 0.338 e. The number of carbonyl (C=O) groups is 1. The molecule has 5 nitrogen and oxygen atoms in total. The highest BCUT2D eigenvalue weighted by Crippen LogP contribution is 2.41. The normalized spacial score (nSPS) is 17.6. The van der Waals surface area contributed by atoms with E-state index in [1.807, 2.05) is 6.07 Å². The Kier molecular flexibility index (Phi) is 4.65. The number of nitrogens with zero attached hydrogens (tertiary/aromatic N) is 1. The molecule has 1 aliphatic rings. The number of hydrogen-bond donors (Lipinski definition) is 1. The molecule has 1 aromatic rings. The lowest BCUT2D eigenvalue weighted by Gasteiger charge is -2.27. The van der Waals surface area contributed by atoms with Crippen LogP contribution < -0.4 is 5.73 Å². The molecule has 7 heteroatoms. The van der Waals surface area contributed by atoms with Gasteiger partial charge in [0.25, 0.3) is 0 Å². The third-order valence-electron chi connectivity index (χ3n) is 3.50. The zero-order valence-corrected chi connectivity index (χ0v) is 12.5. The van der Waals surface area contributed by atoms with E-state index in [1.54, 1.807) is 6.92 Å². The van der Waals surface area contributed by atoms with Crippen molar-refractivity contribution in [1.29, 1.82) is 5.26 Å². The lowest BCUT2D eigenvalue weighted by molar-refractivity contribution is -0.136. The quantitative estimate of drug-likeness (QED) is 0.865. The van der Waals surface area contributed by atoms with Gasteiger partial charge in [-0.2, -0.15) is 5.26 Å². The first-order chi connectivity index (χ1) is 10.9. The van der Waals surface area contributed by atoms with Gasteiger partial charge in [0, 0.05) is 18.1 Å². The number of hydrogen-bond acceptors (Lipinski definition) is 5. The van der Waals surface area contributed by atoms with Crippen LogP contribution >= 0.6 is 0 Å². The summed E-state index contributed by atoms with van der Waals surface area (Å²) in [5.74, 6) is -3.58. The monoisotopic (exact) mass is 320 g/mol. The molecule has 1 aliphatic heterocycles. The standard InChI is InChI=1S/C16H14F2N2O3/c1-3-12-14(16(21)22-2)13(10(7-19)15(20)23-12)9-5-4-8(17)6-11(9)18/h4-6,13H,3,20H2,1-2H3/t13-/m1/s1. The Morgan fingerprint density at radius 3 is 2.70 bits per heavy atom. The van der Waals surface area contributed by atoms with E-state index in [0.29, 0.717) is 6.07 Å². The molecule has 120 valence electrons. The van der Waals surface area contributed by atoms with Gasteiger partial charge in [0.1, 0.15) is 29.0 Å². The van der Waals surface area contributed by atoms with Crippen LogP contribution in [0.5, 0.6) is 0 Å². The van der Waals surface area contributed by atoms with Crippen molar-refractivity contribution >= 4 is 5.97 Å². The van der Waals surface area contributed by atoms with Crippen LogP contribution in [0.1, 0.15) is 24.8 Å². The molecule has 0 radical (unpaired) electrons. The highest BCUT2D eigenvalue weighted by Gasteiger charge is 2.38. The van der Waals surface area contributed by atoms with E-state index < -0.39 is 23.5 Å². The molecule has 0 amide bonds. The fourth-order valence-corrected chi connectivity index (χ4v) is 2.46. The fourth-order valence-electron chi connectivity index (χ4n) is 2.46. The molecule has 0 unspecified atom stereocenters. The Balaban J connectivity index is 2.74. The van der Waals surface area contributed by atoms with E-state index in [2.05, 4.69) is 0 Å². The zero-order valence-electron chi connectivity index (χ0n) is 12.5. The maximum Gasteiger partial charge on any atom is 0.338 e. The summed E-state index contributed by atoms with van der Waals surface area (Å²) in [6.45, 7) is 1.71. The first-order valence-electron chi connectivity index (χ1n) is 6.78. The van der Waals surface area contributed by atoms with Crippen molar-refractivity contribution in [3.05, 3.63) is 58.2 Å². The Bertz CT molecular complexity index is 763. The molecule has 23 heavy (non-hydrogen) atoms. The average molecular weight is 320 g/mol. The number of nitriles is 1. The molecule has 0 saturated heterocycles. The first-order valence-corrected chi connectivity index (χ1v) is 6.78. The molecular weight excluding hydrogens is 306 g/mol. The summed E-state index contributed by atoms with van der Waals surface area (Å²) in [6, 6.07) is 4.71. The number of halogens is 2. The van der Waals surface area contributed by atoms with Crippen LogP contribution in [0.25, 0.3) is 0 Å². The molecule has 0 aromatic heterocycles. The molecule has 2 N–H and O–H groups in total. The number of methoxy groups -OCH3 is 1. The lowest BCUT2D eigenvalue weighted by atomic mass is 9.82. The second-order valence-electron chi connectivity index (χ2n) is 4.77. The van der Waals surface area contributed by atoms with Crippen LogP contribution in [0.4, 0.5) is 8.78 Å². The minimum atomic E-state index is -1.11. The van der Waals surface area contributed by atoms with Gasteiger partial charge in [0.15, 0.2) is 0 Å². The highest BCUT2D eigenvalue weighted by atomic mass is 19.1. The molecule has 0 bridgehead atoms. The Labute approximate surface area is 131 Å². The fraction of sp³-hybridized carbons (Fsp3) is 0.250. The summed E-state index contributed by atoms with van der Waals surface area (Å²) < 4.78 is 37.4. The van der Waals surface area contributed by atoms with Crippen molar-refractivity contribution in [2.75, 3.05) is 7.11 Å². The van der Waals surface area contributed by atoms with Crippen molar-refractivity contribution in [2.24, 2.45) is 5.73 Å². The van der Waals surface area contributed by atoms with Gasteiger partial charge < -0.3 is 15.2 Å². The van der Waals surface area contributed by atoms with E-state index >= 15 is 0 Å². The number of esters is 1. The van der Waals surface area contributed by atoms with Crippen LogP contribution in [0, 0.1) is 23.0 Å². The maximum atomic E-state index is 14.2. The predicted octanol–water partition coefficient (Wildman–Crippen LogP) is 2.61. The summed E-state index contributed by atoms with van der Waals surface area (Å²) in [5.41, 5.74) is 5.51. The Morgan fingerprint density at radius 2 is 2.17 bits per heavy atom. The van der Waals surface area contributed by atoms with Gasteiger partial charge in [-0.05, 0) is 6.07 Å². The van der Waals surface area contributed by atoms with Gasteiger partial charge in [0.2, 0.25) is 5.88 Å². The second-order valence-corrected chi connectivity index (χ2v) is 4.77. The predicted molar refractivity (Wildman–Crippen MR) is 76.3 cm³/mol. The molecule has 1 aromatic carbocycles. The summed E-state index contributed by atoms with van der Waals surface area (Å²) in [4.78, 5) is 12.1. The largest absolute Gasteiger partial charge is 0.466 e. The molecular formula is C16H14F2N2O3. The van der Waals surface area contributed by atoms with Gasteiger partial charge in [-0.25, -0.2) is 13.6 Å². The van der Waals surface area contributed by atoms with E-state index in [4.69, 9.17) is 15.2 Å². The van der Waals surface area contributed by atoms with Crippen LogP contribution in [-0.2, 0) is 14.3 Å². The van der Waals surface area contributed by atoms with E-state index in [9.17, 15) is 18.8 Å². The van der Waals surface area contributed by atoms with Gasteiger partial charge in [0.05, 0.1) is 18.6 Å². The number of benzene rings is 1. The van der Waals surface area contributed by atoms with Gasteiger partial charge in [-0.1, -0.05) is 13.0 Å². The first kappa shape index (κ1) is 16.5. The molecule has 0 saturated carbocycles. The van der Waals surface area contributed by atoms with Crippen molar-refractivity contribution in [2.45, 2.75) is 19.3 Å². The number of allylic oxidation sites excluding steroid dienone is 2. The molecule has 1 heterocycles. The summed E-state index contributed by atoms with van der Waals surface area (Å²) in [6.07, 6.45) is 0.281. The number of carbonyl (C=O) groups excluding carboxylic acids is 1. The molecule has 0 fully saturated rings. The van der Waals surface area contributed by atoms with Crippen LogP contribution in [-0.4, -0.2) is 13.1 Å². The molecule has 0 spiro atoms. The van der Waals surface area contributed by atoms with Gasteiger partial charge >= 0.3 is 5.97 Å². The van der Waals surface area contributed by atoms with Crippen LogP contribution in [0.3, 0.4) is 0 Å². The third kappa shape index (κ3) is 2.88. The Hall–Kier alpha value is -2.88. The third-order valence-corrected chi connectivity index (χ3v) is 3.50. The molecule has 1 atom stereocenters. The second kappa shape index (κ2) is 6.48. The number of ether oxygens (including phenoxy) is 2. The van der Waals surface area contributed by atoms with Gasteiger partial charge in [-0.3, -0.25) is 0 Å². The molecule has 2 rings (SSSR count). The van der Waals surface area contributed by atoms with Crippen molar-refractivity contribution in [1.82, 2.24) is 0 Å². The van der Waals surface area contributed by atoms with E-state index in [1.165, 1.54) is 6.07 Å². The van der Waals surface area contributed by atoms with Crippen molar-refractivity contribution < 1.29 is 23.0 Å².